The van der Waals surface area contributed by atoms with Gasteiger partial charge in [0.2, 0.25) is 10.0 Å². The Morgan fingerprint density at radius 2 is 1.84 bits per heavy atom. The number of nitrogens with zero attached hydrogens (tertiary/aromatic N) is 1. The van der Waals surface area contributed by atoms with Gasteiger partial charge in [0.25, 0.3) is 0 Å². The normalized spacial score (nSPS) is 15.5. The van der Waals surface area contributed by atoms with E-state index >= 15 is 0 Å². The number of morpholine rings is 1. The summed E-state index contributed by atoms with van der Waals surface area (Å²) in [6, 6.07) is 11.6. The monoisotopic (exact) mass is 400 g/mol. The van der Waals surface area contributed by atoms with Gasteiger partial charge in [-0.15, -0.1) is 11.3 Å². The van der Waals surface area contributed by atoms with Gasteiger partial charge in [-0.1, -0.05) is 23.7 Å². The van der Waals surface area contributed by atoms with Gasteiger partial charge in [-0.25, -0.2) is 13.1 Å². The molecule has 0 bridgehead atoms. The number of nitrogens with one attached hydrogen (secondary N) is 1. The van der Waals surface area contributed by atoms with E-state index in [1.807, 2.05) is 0 Å². The standard InChI is InChI=1S/C17H21ClN2O3S2/c18-16-7-8-17(24-16)25(21,22)19-9-1-2-14-3-5-15(6-4-14)20-10-12-23-13-11-20/h3-8,19H,1-2,9-13H2. The molecule has 0 aliphatic carbocycles. The first-order chi connectivity index (χ1) is 12.0. The summed E-state index contributed by atoms with van der Waals surface area (Å²) < 4.78 is 32.9. The van der Waals surface area contributed by atoms with E-state index in [1.165, 1.54) is 17.3 Å². The largest absolute Gasteiger partial charge is 0.378 e. The van der Waals surface area contributed by atoms with Gasteiger partial charge in [-0.05, 0) is 42.7 Å². The molecule has 136 valence electrons. The maximum Gasteiger partial charge on any atom is 0.250 e. The predicted octanol–water partition coefficient (Wildman–Crippen LogP) is 3.15. The highest BCUT2D eigenvalue weighted by Gasteiger charge is 2.15. The van der Waals surface area contributed by atoms with Gasteiger partial charge in [-0.3, -0.25) is 0 Å². The van der Waals surface area contributed by atoms with Gasteiger partial charge >= 0.3 is 0 Å². The molecule has 0 spiro atoms. The minimum Gasteiger partial charge on any atom is -0.378 e. The van der Waals surface area contributed by atoms with E-state index in [-0.39, 0.29) is 4.21 Å². The summed E-state index contributed by atoms with van der Waals surface area (Å²) in [5.41, 5.74) is 2.41. The third kappa shape index (κ3) is 5.18. The Morgan fingerprint density at radius 1 is 1.12 bits per heavy atom. The summed E-state index contributed by atoms with van der Waals surface area (Å²) >= 11 is 6.86. The summed E-state index contributed by atoms with van der Waals surface area (Å²) in [5.74, 6) is 0. The molecule has 3 rings (SSSR count). The van der Waals surface area contributed by atoms with Crippen molar-refractivity contribution < 1.29 is 13.2 Å². The Balaban J connectivity index is 1.46. The number of hydrogen-bond acceptors (Lipinski definition) is 5. The van der Waals surface area contributed by atoms with E-state index in [0.29, 0.717) is 10.9 Å². The number of hydrogen-bond donors (Lipinski definition) is 1. The van der Waals surface area contributed by atoms with Gasteiger partial charge in [0, 0.05) is 25.3 Å². The van der Waals surface area contributed by atoms with Crippen molar-refractivity contribution in [1.82, 2.24) is 4.72 Å². The van der Waals surface area contributed by atoms with Crippen LogP contribution in [0.2, 0.25) is 4.34 Å². The van der Waals surface area contributed by atoms with E-state index in [1.54, 1.807) is 6.07 Å². The fraction of sp³-hybridized carbons (Fsp3) is 0.412. The lowest BCUT2D eigenvalue weighted by Gasteiger charge is -2.28. The first-order valence-corrected chi connectivity index (χ1v) is 10.9. The minimum absolute atomic E-state index is 0.257. The Kier molecular flexibility index (Phi) is 6.35. The van der Waals surface area contributed by atoms with Crippen molar-refractivity contribution in [3.63, 3.8) is 0 Å². The second-order valence-electron chi connectivity index (χ2n) is 5.83. The fourth-order valence-corrected chi connectivity index (χ4v) is 5.31. The van der Waals surface area contributed by atoms with Crippen LogP contribution >= 0.6 is 22.9 Å². The van der Waals surface area contributed by atoms with Crippen molar-refractivity contribution in [3.05, 3.63) is 46.3 Å². The smallest absolute Gasteiger partial charge is 0.250 e. The molecule has 0 unspecified atom stereocenters. The molecule has 1 N–H and O–H groups in total. The van der Waals surface area contributed by atoms with Gasteiger partial charge in [-0.2, -0.15) is 0 Å². The SMILES string of the molecule is O=S(=O)(NCCCc1ccc(N2CCOCC2)cc1)c1ccc(Cl)s1. The molecule has 0 atom stereocenters. The van der Waals surface area contributed by atoms with Crippen molar-refractivity contribution >= 4 is 38.6 Å². The van der Waals surface area contributed by atoms with Crippen LogP contribution in [0.5, 0.6) is 0 Å². The van der Waals surface area contributed by atoms with Gasteiger partial charge < -0.3 is 9.64 Å². The fourth-order valence-electron chi connectivity index (χ4n) is 2.71. The highest BCUT2D eigenvalue weighted by atomic mass is 35.5. The highest BCUT2D eigenvalue weighted by Crippen LogP contribution is 2.25. The van der Waals surface area contributed by atoms with Crippen LogP contribution in [0, 0.1) is 0 Å². The molecular weight excluding hydrogens is 380 g/mol. The van der Waals surface area contributed by atoms with Crippen molar-refractivity contribution in [2.24, 2.45) is 0 Å². The van der Waals surface area contributed by atoms with E-state index in [4.69, 9.17) is 16.3 Å². The predicted molar refractivity (Wildman–Crippen MR) is 102 cm³/mol. The lowest BCUT2D eigenvalue weighted by Crippen LogP contribution is -2.36. The summed E-state index contributed by atoms with van der Waals surface area (Å²) in [7, 11) is -3.45. The Hall–Kier alpha value is -1.12. The summed E-state index contributed by atoms with van der Waals surface area (Å²) in [5, 5.41) is 0. The van der Waals surface area contributed by atoms with Gasteiger partial charge in [0.1, 0.15) is 4.21 Å². The first-order valence-electron chi connectivity index (χ1n) is 8.21. The number of benzene rings is 1. The van der Waals surface area contributed by atoms with Crippen molar-refractivity contribution in [2.45, 2.75) is 17.1 Å². The zero-order valence-electron chi connectivity index (χ0n) is 13.8. The Labute approximate surface area is 157 Å². The zero-order chi connectivity index (χ0) is 17.7. The zero-order valence-corrected chi connectivity index (χ0v) is 16.2. The van der Waals surface area contributed by atoms with Crippen LogP contribution in [0.3, 0.4) is 0 Å². The van der Waals surface area contributed by atoms with Gasteiger partial charge in [0.15, 0.2) is 0 Å². The number of aryl methyl sites for hydroxylation is 1. The second kappa shape index (κ2) is 8.51. The van der Waals surface area contributed by atoms with E-state index in [9.17, 15) is 8.42 Å². The summed E-state index contributed by atoms with van der Waals surface area (Å²) in [4.78, 5) is 2.31. The first kappa shape index (κ1) is 18.7. The van der Waals surface area contributed by atoms with E-state index < -0.39 is 10.0 Å². The highest BCUT2D eigenvalue weighted by molar-refractivity contribution is 7.91. The molecule has 2 heterocycles. The second-order valence-corrected chi connectivity index (χ2v) is 9.53. The molecule has 1 aromatic heterocycles. The van der Waals surface area contributed by atoms with Crippen LogP contribution in [-0.2, 0) is 21.2 Å². The van der Waals surface area contributed by atoms with Crippen LogP contribution in [0.25, 0.3) is 0 Å². The molecule has 0 amide bonds. The lowest BCUT2D eigenvalue weighted by atomic mass is 10.1. The number of thiophene rings is 1. The molecule has 1 saturated heterocycles. The molecule has 8 heteroatoms. The maximum absolute atomic E-state index is 12.1. The summed E-state index contributed by atoms with van der Waals surface area (Å²) in [6.45, 7) is 3.81. The molecule has 0 saturated carbocycles. The number of rotatable bonds is 7. The van der Waals surface area contributed by atoms with Crippen molar-refractivity contribution in [3.8, 4) is 0 Å². The number of sulfonamides is 1. The maximum atomic E-state index is 12.1. The number of ether oxygens (including phenoxy) is 1. The minimum atomic E-state index is -3.45. The van der Waals surface area contributed by atoms with Crippen molar-refractivity contribution in [1.29, 1.82) is 0 Å². The molecule has 5 nitrogen and oxygen atoms in total. The van der Waals surface area contributed by atoms with Crippen LogP contribution in [0.15, 0.2) is 40.6 Å². The van der Waals surface area contributed by atoms with Crippen LogP contribution < -0.4 is 9.62 Å². The molecular formula is C17H21ClN2O3S2. The molecule has 1 aromatic carbocycles. The molecule has 1 fully saturated rings. The third-order valence-electron chi connectivity index (χ3n) is 4.06. The molecule has 1 aliphatic heterocycles. The van der Waals surface area contributed by atoms with Gasteiger partial charge in [0.05, 0.1) is 17.6 Å². The third-order valence-corrected chi connectivity index (χ3v) is 7.24. The molecule has 0 radical (unpaired) electrons. The number of halogens is 1. The van der Waals surface area contributed by atoms with Crippen LogP contribution in [0.1, 0.15) is 12.0 Å². The molecule has 2 aromatic rings. The summed E-state index contributed by atoms with van der Waals surface area (Å²) in [6.07, 6.45) is 1.58. The average molecular weight is 401 g/mol. The Bertz CT molecular complexity index is 784. The average Bonchev–Trinajstić information content (AvgIpc) is 3.07. The topological polar surface area (TPSA) is 58.6 Å². The quantitative estimate of drug-likeness (QED) is 0.725. The van der Waals surface area contributed by atoms with Crippen molar-refractivity contribution in [2.75, 3.05) is 37.7 Å². The van der Waals surface area contributed by atoms with E-state index in [2.05, 4.69) is 33.9 Å². The van der Waals surface area contributed by atoms with Crippen LogP contribution in [0.4, 0.5) is 5.69 Å². The molecule has 1 aliphatic rings. The number of anilines is 1. The van der Waals surface area contributed by atoms with E-state index in [0.717, 1.165) is 50.5 Å². The lowest BCUT2D eigenvalue weighted by molar-refractivity contribution is 0.122. The molecule has 25 heavy (non-hydrogen) atoms. The Morgan fingerprint density at radius 3 is 2.48 bits per heavy atom. The van der Waals surface area contributed by atoms with Crippen LogP contribution in [-0.4, -0.2) is 41.3 Å².